The Hall–Kier alpha value is -1.88. The third kappa shape index (κ3) is 4.89. The number of carbonyl (C=O) groups is 1. The Kier molecular flexibility index (Phi) is 6.20. The van der Waals surface area contributed by atoms with Gasteiger partial charge in [-0.3, -0.25) is 5.32 Å². The van der Waals surface area contributed by atoms with Crippen LogP contribution in [0.2, 0.25) is 0 Å². The van der Waals surface area contributed by atoms with Crippen LogP contribution in [0.1, 0.15) is 13.3 Å². The molecular formula is C17H24N2O7S. The molecule has 1 amide bonds. The van der Waals surface area contributed by atoms with E-state index in [1.165, 1.54) is 0 Å². The monoisotopic (exact) mass is 400 g/mol. The maximum Gasteiger partial charge on any atom is 0.412 e. The summed E-state index contributed by atoms with van der Waals surface area (Å²) in [5.74, 6) is 0.724. The lowest BCUT2D eigenvalue weighted by molar-refractivity contribution is 0.00883. The first-order chi connectivity index (χ1) is 12.9. The fourth-order valence-electron chi connectivity index (χ4n) is 3.18. The molecule has 2 aliphatic heterocycles. The second kappa shape index (κ2) is 8.42. The minimum atomic E-state index is -3.38. The van der Waals surface area contributed by atoms with E-state index >= 15 is 0 Å². The molecule has 2 fully saturated rings. The average Bonchev–Trinajstić information content (AvgIpc) is 3.19. The minimum absolute atomic E-state index is 0.0467. The molecule has 0 unspecified atom stereocenters. The van der Waals surface area contributed by atoms with Crippen LogP contribution in [0.4, 0.5) is 10.5 Å². The van der Waals surface area contributed by atoms with E-state index < -0.39 is 40.5 Å². The van der Waals surface area contributed by atoms with E-state index in [-0.39, 0.29) is 19.0 Å². The van der Waals surface area contributed by atoms with E-state index in [4.69, 9.17) is 18.9 Å². The molecule has 150 valence electrons. The van der Waals surface area contributed by atoms with Crippen LogP contribution >= 0.6 is 0 Å². The highest BCUT2D eigenvalue weighted by atomic mass is 32.2. The number of anilines is 1. The first-order valence-corrected chi connectivity index (χ1v) is 10.4. The van der Waals surface area contributed by atoms with Gasteiger partial charge in [-0.1, -0.05) is 6.92 Å². The molecule has 0 spiro atoms. The molecule has 27 heavy (non-hydrogen) atoms. The SMILES string of the molecule is CCCS(=O)(=O)N[C@H]1CO[C@H]2[C@@H]1OC[C@H]2OC(=O)Nc1ccc(OC)cc1. The largest absolute Gasteiger partial charge is 0.497 e. The summed E-state index contributed by atoms with van der Waals surface area (Å²) >= 11 is 0. The van der Waals surface area contributed by atoms with Crippen molar-refractivity contribution in [2.75, 3.05) is 31.4 Å². The third-order valence-corrected chi connectivity index (χ3v) is 6.01. The summed E-state index contributed by atoms with van der Waals surface area (Å²) in [6, 6.07) is 6.34. The minimum Gasteiger partial charge on any atom is -0.497 e. The highest BCUT2D eigenvalue weighted by Crippen LogP contribution is 2.29. The lowest BCUT2D eigenvalue weighted by Crippen LogP contribution is -2.45. The Morgan fingerprint density at radius 3 is 2.56 bits per heavy atom. The molecule has 2 N–H and O–H groups in total. The normalized spacial score (nSPS) is 27.2. The zero-order chi connectivity index (χ0) is 19.4. The number of amides is 1. The number of sulfonamides is 1. The first kappa shape index (κ1) is 19.9. The van der Waals surface area contributed by atoms with Crippen molar-refractivity contribution in [3.8, 4) is 5.75 Å². The Labute approximate surface area is 158 Å². The molecule has 0 aliphatic carbocycles. The van der Waals surface area contributed by atoms with Gasteiger partial charge in [0.25, 0.3) is 0 Å². The highest BCUT2D eigenvalue weighted by Gasteiger charge is 2.50. The van der Waals surface area contributed by atoms with Crippen molar-refractivity contribution < 1.29 is 32.2 Å². The van der Waals surface area contributed by atoms with Gasteiger partial charge in [-0.25, -0.2) is 17.9 Å². The number of methoxy groups -OCH3 is 1. The van der Waals surface area contributed by atoms with Crippen molar-refractivity contribution in [1.82, 2.24) is 4.72 Å². The molecule has 2 heterocycles. The van der Waals surface area contributed by atoms with Gasteiger partial charge in [0.05, 0.1) is 32.1 Å². The zero-order valence-electron chi connectivity index (χ0n) is 15.2. The Balaban J connectivity index is 1.53. The number of ether oxygens (including phenoxy) is 4. The fraction of sp³-hybridized carbons (Fsp3) is 0.588. The summed E-state index contributed by atoms with van der Waals surface area (Å²) < 4.78 is 48.3. The van der Waals surface area contributed by atoms with Crippen LogP contribution in [0.5, 0.6) is 5.75 Å². The fourth-order valence-corrected chi connectivity index (χ4v) is 4.50. The van der Waals surface area contributed by atoms with Crippen LogP contribution in [0.15, 0.2) is 24.3 Å². The van der Waals surface area contributed by atoms with Gasteiger partial charge >= 0.3 is 6.09 Å². The summed E-state index contributed by atoms with van der Waals surface area (Å²) in [5, 5.41) is 2.63. The second-order valence-electron chi connectivity index (χ2n) is 6.44. The summed E-state index contributed by atoms with van der Waals surface area (Å²) in [6.07, 6.45) is -1.69. The van der Waals surface area contributed by atoms with E-state index in [0.29, 0.717) is 17.9 Å². The Morgan fingerprint density at radius 1 is 1.19 bits per heavy atom. The van der Waals surface area contributed by atoms with Crippen molar-refractivity contribution in [2.24, 2.45) is 0 Å². The smallest absolute Gasteiger partial charge is 0.412 e. The van der Waals surface area contributed by atoms with Crippen molar-refractivity contribution >= 4 is 21.8 Å². The summed E-state index contributed by atoms with van der Waals surface area (Å²) in [4.78, 5) is 12.1. The van der Waals surface area contributed by atoms with Gasteiger partial charge in [-0.05, 0) is 30.7 Å². The molecular weight excluding hydrogens is 376 g/mol. The lowest BCUT2D eigenvalue weighted by atomic mass is 10.1. The summed E-state index contributed by atoms with van der Waals surface area (Å²) in [6.45, 7) is 2.13. The van der Waals surface area contributed by atoms with Crippen molar-refractivity contribution in [3.63, 3.8) is 0 Å². The number of benzene rings is 1. The van der Waals surface area contributed by atoms with Gasteiger partial charge in [0.2, 0.25) is 10.0 Å². The molecule has 1 aromatic rings. The molecule has 0 saturated carbocycles. The van der Waals surface area contributed by atoms with Gasteiger partial charge in [-0.2, -0.15) is 0 Å². The first-order valence-electron chi connectivity index (χ1n) is 8.76. The molecule has 4 atom stereocenters. The van der Waals surface area contributed by atoms with Crippen LogP contribution in [0.25, 0.3) is 0 Å². The van der Waals surface area contributed by atoms with Gasteiger partial charge < -0.3 is 18.9 Å². The molecule has 1 aromatic carbocycles. The molecule has 0 bridgehead atoms. The highest BCUT2D eigenvalue weighted by molar-refractivity contribution is 7.89. The predicted octanol–water partition coefficient (Wildman–Crippen LogP) is 1.11. The van der Waals surface area contributed by atoms with Gasteiger partial charge in [0.15, 0.2) is 6.10 Å². The molecule has 0 aromatic heterocycles. The lowest BCUT2D eigenvalue weighted by Gasteiger charge is -2.18. The van der Waals surface area contributed by atoms with Crippen molar-refractivity contribution in [1.29, 1.82) is 0 Å². The van der Waals surface area contributed by atoms with E-state index in [1.807, 2.05) is 0 Å². The maximum atomic E-state index is 12.1. The van der Waals surface area contributed by atoms with Crippen LogP contribution in [-0.2, 0) is 24.2 Å². The molecule has 2 aliphatic rings. The number of carbonyl (C=O) groups excluding carboxylic acids is 1. The molecule has 0 radical (unpaired) electrons. The van der Waals surface area contributed by atoms with Crippen LogP contribution in [0.3, 0.4) is 0 Å². The van der Waals surface area contributed by atoms with Crippen molar-refractivity contribution in [2.45, 2.75) is 37.7 Å². The van der Waals surface area contributed by atoms with Crippen LogP contribution in [-0.4, -0.2) is 64.9 Å². The zero-order valence-corrected chi connectivity index (χ0v) is 16.0. The van der Waals surface area contributed by atoms with Crippen LogP contribution < -0.4 is 14.8 Å². The second-order valence-corrected chi connectivity index (χ2v) is 8.31. The van der Waals surface area contributed by atoms with E-state index in [2.05, 4.69) is 10.0 Å². The number of hydrogen-bond acceptors (Lipinski definition) is 7. The Morgan fingerprint density at radius 2 is 1.89 bits per heavy atom. The van der Waals surface area contributed by atoms with Crippen LogP contribution in [0, 0.1) is 0 Å². The van der Waals surface area contributed by atoms with Gasteiger partial charge in [-0.15, -0.1) is 0 Å². The summed E-state index contributed by atoms with van der Waals surface area (Å²) in [5.41, 5.74) is 0.564. The number of hydrogen-bond donors (Lipinski definition) is 2. The number of fused-ring (bicyclic) bond motifs is 1. The standard InChI is InChI=1S/C17H24N2O7S/c1-3-8-27(21,22)19-13-9-24-16-14(10-25-15(13)16)26-17(20)18-11-4-6-12(23-2)7-5-11/h4-7,13-16,19H,3,8-10H2,1-2H3,(H,18,20)/t13-,14+,15+,16+/m0/s1. The molecule has 10 heteroatoms. The van der Waals surface area contributed by atoms with Crippen molar-refractivity contribution in [3.05, 3.63) is 24.3 Å². The predicted molar refractivity (Wildman–Crippen MR) is 97.4 cm³/mol. The van der Waals surface area contributed by atoms with Gasteiger partial charge in [0, 0.05) is 5.69 Å². The molecule has 9 nitrogen and oxygen atoms in total. The van der Waals surface area contributed by atoms with Gasteiger partial charge in [0.1, 0.15) is 18.0 Å². The topological polar surface area (TPSA) is 112 Å². The third-order valence-electron chi connectivity index (χ3n) is 4.41. The van der Waals surface area contributed by atoms with E-state index in [1.54, 1.807) is 38.3 Å². The molecule has 3 rings (SSSR count). The van der Waals surface area contributed by atoms with E-state index in [0.717, 1.165) is 0 Å². The van der Waals surface area contributed by atoms with E-state index in [9.17, 15) is 13.2 Å². The Bertz CT molecular complexity index is 753. The average molecular weight is 400 g/mol. The maximum absolute atomic E-state index is 12.1. The summed E-state index contributed by atoms with van der Waals surface area (Å²) in [7, 11) is -1.82. The number of nitrogens with one attached hydrogen (secondary N) is 2. The molecule has 2 saturated heterocycles. The number of rotatable bonds is 7. The quantitative estimate of drug-likeness (QED) is 0.705.